The molecule has 0 radical (unpaired) electrons. The van der Waals surface area contributed by atoms with Gasteiger partial charge < -0.3 is 9.64 Å². The number of hydrogen-bond acceptors (Lipinski definition) is 2. The molecule has 2 rings (SSSR count). The lowest BCUT2D eigenvalue weighted by Crippen LogP contribution is -2.28. The molecule has 0 atom stereocenters. The van der Waals surface area contributed by atoms with Gasteiger partial charge in [-0.1, -0.05) is 12.7 Å². The molecule has 1 aliphatic rings. The highest BCUT2D eigenvalue weighted by Crippen LogP contribution is 2.33. The Balaban J connectivity index is 2.53. The van der Waals surface area contributed by atoms with Gasteiger partial charge >= 0.3 is 0 Å². The Hall–Kier alpha value is -1.51. The summed E-state index contributed by atoms with van der Waals surface area (Å²) in [6.07, 6.45) is 1.49. The number of likely N-dealkylation sites (N-methyl/N-ethyl adjacent to an activating group) is 1. The molecule has 0 spiro atoms. The largest absolute Gasteiger partial charge is 0.490 e. The van der Waals surface area contributed by atoms with Gasteiger partial charge in [-0.2, -0.15) is 0 Å². The minimum Gasteiger partial charge on any atom is -0.490 e. The third-order valence-electron chi connectivity index (χ3n) is 2.39. The Bertz CT molecular complexity index is 376. The van der Waals surface area contributed by atoms with Crippen molar-refractivity contribution in [3.63, 3.8) is 0 Å². The zero-order valence-corrected chi connectivity index (χ0v) is 8.09. The van der Waals surface area contributed by atoms with E-state index in [0.29, 0.717) is 12.2 Å². The second-order valence-corrected chi connectivity index (χ2v) is 3.32. The van der Waals surface area contributed by atoms with Gasteiger partial charge in [-0.25, -0.2) is 4.39 Å². The highest BCUT2D eigenvalue weighted by molar-refractivity contribution is 5.65. The van der Waals surface area contributed by atoms with E-state index in [1.54, 1.807) is 6.07 Å². The Morgan fingerprint density at radius 1 is 1.57 bits per heavy atom. The summed E-state index contributed by atoms with van der Waals surface area (Å²) < 4.78 is 18.8. The highest BCUT2D eigenvalue weighted by atomic mass is 19.1. The quantitative estimate of drug-likeness (QED) is 0.678. The van der Waals surface area contributed by atoms with Crippen molar-refractivity contribution in [2.24, 2.45) is 0 Å². The second-order valence-electron chi connectivity index (χ2n) is 3.32. The van der Waals surface area contributed by atoms with Gasteiger partial charge in [-0.15, -0.1) is 0 Å². The second kappa shape index (κ2) is 3.33. The molecular formula is C11H12FNO. The van der Waals surface area contributed by atoms with E-state index in [-0.39, 0.29) is 5.82 Å². The number of benzene rings is 1. The molecule has 0 aromatic heterocycles. The first-order valence-electron chi connectivity index (χ1n) is 4.52. The van der Waals surface area contributed by atoms with Crippen LogP contribution < -0.4 is 9.64 Å². The van der Waals surface area contributed by atoms with Crippen LogP contribution in [-0.2, 0) is 0 Å². The zero-order valence-electron chi connectivity index (χ0n) is 8.09. The number of halogens is 1. The molecule has 3 heteroatoms. The normalized spacial score (nSPS) is 14.6. The Labute approximate surface area is 82.6 Å². The van der Waals surface area contributed by atoms with Crippen molar-refractivity contribution < 1.29 is 9.13 Å². The van der Waals surface area contributed by atoms with Crippen molar-refractivity contribution in [1.29, 1.82) is 0 Å². The van der Waals surface area contributed by atoms with Gasteiger partial charge in [0.1, 0.15) is 18.2 Å². The summed E-state index contributed by atoms with van der Waals surface area (Å²) in [5.41, 5.74) is 1.29. The van der Waals surface area contributed by atoms with Gasteiger partial charge in [0, 0.05) is 18.7 Å². The molecule has 0 N–H and O–H groups in total. The average Bonchev–Trinajstić information content (AvgIpc) is 2.19. The van der Waals surface area contributed by atoms with E-state index in [1.165, 1.54) is 12.1 Å². The van der Waals surface area contributed by atoms with Crippen LogP contribution in [0.3, 0.4) is 0 Å². The van der Waals surface area contributed by atoms with E-state index in [1.807, 2.05) is 11.9 Å². The first kappa shape index (κ1) is 9.06. The van der Waals surface area contributed by atoms with E-state index < -0.39 is 0 Å². The maximum Gasteiger partial charge on any atom is 0.143 e. The van der Waals surface area contributed by atoms with Gasteiger partial charge in [0.15, 0.2) is 0 Å². The molecular weight excluding hydrogens is 181 g/mol. The fraction of sp³-hybridized carbons (Fsp3) is 0.273. The van der Waals surface area contributed by atoms with E-state index in [2.05, 4.69) is 6.58 Å². The van der Waals surface area contributed by atoms with Crippen LogP contribution in [-0.4, -0.2) is 20.2 Å². The summed E-state index contributed by atoms with van der Waals surface area (Å²) in [6, 6.07) is 3.18. The van der Waals surface area contributed by atoms with E-state index in [4.69, 9.17) is 4.74 Å². The summed E-state index contributed by atoms with van der Waals surface area (Å²) in [5.74, 6) is 0.478. The van der Waals surface area contributed by atoms with Crippen LogP contribution in [0.25, 0.3) is 6.08 Å². The standard InChI is InChI=1S/C11H12FNO/c1-3-8-6-11-10(7-9(8)12)13(2)4-5-14-11/h3,6-7H,1,4-5H2,2H3. The van der Waals surface area contributed by atoms with Crippen LogP contribution in [0.4, 0.5) is 10.1 Å². The SMILES string of the molecule is C=Cc1cc2c(cc1F)N(C)CCO2. The molecule has 0 fully saturated rings. The van der Waals surface area contributed by atoms with Crippen LogP contribution in [0, 0.1) is 5.82 Å². The molecule has 1 aromatic carbocycles. The van der Waals surface area contributed by atoms with E-state index in [9.17, 15) is 4.39 Å². The summed E-state index contributed by atoms with van der Waals surface area (Å²) in [6.45, 7) is 4.99. The van der Waals surface area contributed by atoms with Crippen molar-refractivity contribution in [2.45, 2.75) is 0 Å². The van der Waals surface area contributed by atoms with Crippen molar-refractivity contribution in [2.75, 3.05) is 25.1 Å². The van der Waals surface area contributed by atoms with Crippen molar-refractivity contribution in [3.05, 3.63) is 30.1 Å². The predicted molar refractivity (Wildman–Crippen MR) is 55.3 cm³/mol. The molecule has 0 unspecified atom stereocenters. The zero-order chi connectivity index (χ0) is 10.1. The van der Waals surface area contributed by atoms with Crippen LogP contribution in [0.5, 0.6) is 5.75 Å². The van der Waals surface area contributed by atoms with Gasteiger partial charge in [0.2, 0.25) is 0 Å². The van der Waals surface area contributed by atoms with Gasteiger partial charge in [-0.3, -0.25) is 0 Å². The first-order valence-corrected chi connectivity index (χ1v) is 4.52. The molecule has 1 heterocycles. The number of nitrogens with zero attached hydrogens (tertiary/aromatic N) is 1. The molecule has 1 aromatic rings. The highest BCUT2D eigenvalue weighted by Gasteiger charge is 2.16. The predicted octanol–water partition coefficient (Wildman–Crippen LogP) is 2.30. The lowest BCUT2D eigenvalue weighted by atomic mass is 10.1. The molecule has 0 amide bonds. The lowest BCUT2D eigenvalue weighted by molar-refractivity contribution is 0.310. The fourth-order valence-electron chi connectivity index (χ4n) is 1.54. The third-order valence-corrected chi connectivity index (χ3v) is 2.39. The molecule has 14 heavy (non-hydrogen) atoms. The molecule has 0 saturated carbocycles. The van der Waals surface area contributed by atoms with Crippen molar-refractivity contribution in [3.8, 4) is 5.75 Å². The lowest BCUT2D eigenvalue weighted by Gasteiger charge is -2.27. The molecule has 0 bridgehead atoms. The van der Waals surface area contributed by atoms with E-state index in [0.717, 1.165) is 18.0 Å². The van der Waals surface area contributed by atoms with Crippen molar-refractivity contribution >= 4 is 11.8 Å². The third kappa shape index (κ3) is 1.35. The van der Waals surface area contributed by atoms with Crippen LogP contribution in [0.2, 0.25) is 0 Å². The Kier molecular flexibility index (Phi) is 2.15. The minimum absolute atomic E-state index is 0.254. The maximum atomic E-state index is 13.4. The van der Waals surface area contributed by atoms with Crippen LogP contribution in [0.15, 0.2) is 18.7 Å². The monoisotopic (exact) mass is 193 g/mol. The molecule has 1 aliphatic heterocycles. The fourth-order valence-corrected chi connectivity index (χ4v) is 1.54. The van der Waals surface area contributed by atoms with Gasteiger partial charge in [0.05, 0.1) is 12.2 Å². The maximum absolute atomic E-state index is 13.4. The average molecular weight is 193 g/mol. The first-order chi connectivity index (χ1) is 6.72. The van der Waals surface area contributed by atoms with Gasteiger partial charge in [0.25, 0.3) is 0 Å². The smallest absolute Gasteiger partial charge is 0.143 e. The number of fused-ring (bicyclic) bond motifs is 1. The topological polar surface area (TPSA) is 12.5 Å². The van der Waals surface area contributed by atoms with Crippen LogP contribution in [0.1, 0.15) is 5.56 Å². The summed E-state index contributed by atoms with van der Waals surface area (Å²) in [5, 5.41) is 0. The molecule has 2 nitrogen and oxygen atoms in total. The van der Waals surface area contributed by atoms with Gasteiger partial charge in [-0.05, 0) is 6.07 Å². The molecule has 0 saturated heterocycles. The summed E-state index contributed by atoms with van der Waals surface area (Å²) in [7, 11) is 1.92. The number of rotatable bonds is 1. The van der Waals surface area contributed by atoms with E-state index >= 15 is 0 Å². The molecule has 74 valence electrons. The minimum atomic E-state index is -0.254. The Morgan fingerprint density at radius 3 is 3.07 bits per heavy atom. The summed E-state index contributed by atoms with van der Waals surface area (Å²) >= 11 is 0. The number of hydrogen-bond donors (Lipinski definition) is 0. The molecule has 0 aliphatic carbocycles. The summed E-state index contributed by atoms with van der Waals surface area (Å²) in [4.78, 5) is 1.98. The Morgan fingerprint density at radius 2 is 2.36 bits per heavy atom. The van der Waals surface area contributed by atoms with Crippen LogP contribution >= 0.6 is 0 Å². The number of ether oxygens (including phenoxy) is 1. The van der Waals surface area contributed by atoms with Crippen molar-refractivity contribution in [1.82, 2.24) is 0 Å². The number of anilines is 1.